The van der Waals surface area contributed by atoms with Crippen molar-refractivity contribution in [2.75, 3.05) is 5.73 Å². The van der Waals surface area contributed by atoms with Crippen molar-refractivity contribution in [3.8, 4) is 0 Å². The Morgan fingerprint density at radius 3 is 2.72 bits per heavy atom. The maximum absolute atomic E-state index is 5.92. The van der Waals surface area contributed by atoms with E-state index >= 15 is 0 Å². The minimum absolute atomic E-state index is 0.520. The standard InChI is InChI=1S/C14H11N3S/c15-14-11-5-1-2-6-12(11)16-13(17-14)8-7-10-4-3-9-18-10/h1-9H,(H2,15,16,17)/b8-7+. The van der Waals surface area contributed by atoms with Crippen LogP contribution in [0.15, 0.2) is 41.8 Å². The summed E-state index contributed by atoms with van der Waals surface area (Å²) in [5.41, 5.74) is 6.79. The monoisotopic (exact) mass is 253 g/mol. The average molecular weight is 253 g/mol. The van der Waals surface area contributed by atoms with Crippen LogP contribution in [0, 0.1) is 0 Å². The van der Waals surface area contributed by atoms with E-state index in [1.165, 1.54) is 4.88 Å². The number of hydrogen-bond acceptors (Lipinski definition) is 4. The summed E-state index contributed by atoms with van der Waals surface area (Å²) in [7, 11) is 0. The average Bonchev–Trinajstić information content (AvgIpc) is 2.90. The summed E-state index contributed by atoms with van der Waals surface area (Å²) in [6.07, 6.45) is 3.88. The number of benzene rings is 1. The summed E-state index contributed by atoms with van der Waals surface area (Å²) in [5.74, 6) is 1.16. The molecule has 3 aromatic rings. The fraction of sp³-hybridized carbons (Fsp3) is 0. The van der Waals surface area contributed by atoms with E-state index in [9.17, 15) is 0 Å². The molecule has 88 valence electrons. The third-order valence-electron chi connectivity index (χ3n) is 2.59. The van der Waals surface area contributed by atoms with Crippen LogP contribution in [0.1, 0.15) is 10.7 Å². The van der Waals surface area contributed by atoms with Gasteiger partial charge in [0.1, 0.15) is 5.82 Å². The largest absolute Gasteiger partial charge is 0.383 e. The number of nitrogen functional groups attached to an aromatic ring is 1. The number of rotatable bonds is 2. The molecule has 18 heavy (non-hydrogen) atoms. The van der Waals surface area contributed by atoms with E-state index < -0.39 is 0 Å². The Morgan fingerprint density at radius 2 is 1.89 bits per heavy atom. The molecule has 0 atom stereocenters. The maximum Gasteiger partial charge on any atom is 0.154 e. The van der Waals surface area contributed by atoms with Crippen molar-refractivity contribution in [2.24, 2.45) is 0 Å². The van der Waals surface area contributed by atoms with E-state index in [0.717, 1.165) is 10.9 Å². The molecule has 3 nitrogen and oxygen atoms in total. The number of fused-ring (bicyclic) bond motifs is 1. The van der Waals surface area contributed by atoms with Crippen LogP contribution in [0.4, 0.5) is 5.82 Å². The van der Waals surface area contributed by atoms with E-state index in [0.29, 0.717) is 11.6 Å². The SMILES string of the molecule is Nc1nc(/C=C/c2cccs2)nc2ccccc12. The number of anilines is 1. The summed E-state index contributed by atoms with van der Waals surface area (Å²) in [6, 6.07) is 11.8. The second-order valence-electron chi connectivity index (χ2n) is 3.83. The zero-order valence-electron chi connectivity index (χ0n) is 9.58. The third-order valence-corrected chi connectivity index (χ3v) is 3.43. The van der Waals surface area contributed by atoms with E-state index in [1.54, 1.807) is 11.3 Å². The topological polar surface area (TPSA) is 51.8 Å². The second-order valence-corrected chi connectivity index (χ2v) is 4.81. The van der Waals surface area contributed by atoms with Gasteiger partial charge in [0.25, 0.3) is 0 Å². The van der Waals surface area contributed by atoms with Crippen LogP contribution in [-0.2, 0) is 0 Å². The Hall–Kier alpha value is -2.20. The van der Waals surface area contributed by atoms with Gasteiger partial charge in [-0.2, -0.15) is 0 Å². The minimum Gasteiger partial charge on any atom is -0.383 e. The van der Waals surface area contributed by atoms with E-state index in [1.807, 2.05) is 53.9 Å². The number of hydrogen-bond donors (Lipinski definition) is 1. The first kappa shape index (κ1) is 10.9. The molecule has 0 fully saturated rings. The highest BCUT2D eigenvalue weighted by Crippen LogP contribution is 2.18. The molecule has 2 aromatic heterocycles. The molecule has 0 spiro atoms. The molecule has 0 radical (unpaired) electrons. The van der Waals surface area contributed by atoms with Crippen molar-refractivity contribution in [1.29, 1.82) is 0 Å². The Kier molecular flexibility index (Phi) is 2.78. The van der Waals surface area contributed by atoms with Crippen LogP contribution in [0.2, 0.25) is 0 Å². The van der Waals surface area contributed by atoms with Gasteiger partial charge in [0.05, 0.1) is 5.52 Å². The van der Waals surface area contributed by atoms with Crippen LogP contribution in [-0.4, -0.2) is 9.97 Å². The van der Waals surface area contributed by atoms with Crippen molar-refractivity contribution in [1.82, 2.24) is 9.97 Å². The molecule has 2 N–H and O–H groups in total. The highest BCUT2D eigenvalue weighted by atomic mass is 32.1. The van der Waals surface area contributed by atoms with Crippen molar-refractivity contribution >= 4 is 40.2 Å². The number of aromatic nitrogens is 2. The fourth-order valence-corrected chi connectivity index (χ4v) is 2.36. The molecule has 0 bridgehead atoms. The third kappa shape index (κ3) is 2.10. The summed E-state index contributed by atoms with van der Waals surface area (Å²) >= 11 is 1.68. The number of nitrogens with two attached hydrogens (primary N) is 1. The Bertz CT molecular complexity index is 702. The molecule has 0 aliphatic heterocycles. The van der Waals surface area contributed by atoms with Crippen LogP contribution in [0.25, 0.3) is 23.1 Å². The summed E-state index contributed by atoms with van der Waals surface area (Å²) < 4.78 is 0. The van der Waals surface area contributed by atoms with Crippen molar-refractivity contribution in [3.63, 3.8) is 0 Å². The number of para-hydroxylation sites is 1. The van der Waals surface area contributed by atoms with Gasteiger partial charge in [-0.1, -0.05) is 18.2 Å². The van der Waals surface area contributed by atoms with Gasteiger partial charge in [0.2, 0.25) is 0 Å². The zero-order chi connectivity index (χ0) is 12.4. The second kappa shape index (κ2) is 4.58. The van der Waals surface area contributed by atoms with Gasteiger partial charge in [0, 0.05) is 10.3 Å². The van der Waals surface area contributed by atoms with Crippen LogP contribution >= 0.6 is 11.3 Å². The molecule has 3 rings (SSSR count). The van der Waals surface area contributed by atoms with Crippen LogP contribution in [0.3, 0.4) is 0 Å². The first-order valence-corrected chi connectivity index (χ1v) is 6.45. The lowest BCUT2D eigenvalue weighted by Gasteiger charge is -2.01. The van der Waals surface area contributed by atoms with Gasteiger partial charge in [-0.25, -0.2) is 9.97 Å². The van der Waals surface area contributed by atoms with Crippen molar-refractivity contribution in [3.05, 3.63) is 52.5 Å². The molecular formula is C14H11N3S. The number of nitrogens with zero attached hydrogens (tertiary/aromatic N) is 2. The first-order chi connectivity index (χ1) is 8.83. The Balaban J connectivity index is 2.03. The Labute approximate surface area is 109 Å². The lowest BCUT2D eigenvalue weighted by molar-refractivity contribution is 1.19. The van der Waals surface area contributed by atoms with E-state index in [4.69, 9.17) is 5.73 Å². The summed E-state index contributed by atoms with van der Waals surface area (Å²) in [5, 5.41) is 2.93. The molecular weight excluding hydrogens is 242 g/mol. The normalized spacial score (nSPS) is 11.3. The molecule has 0 saturated heterocycles. The van der Waals surface area contributed by atoms with Gasteiger partial charge < -0.3 is 5.73 Å². The highest BCUT2D eigenvalue weighted by Gasteiger charge is 2.01. The van der Waals surface area contributed by atoms with Gasteiger partial charge in [-0.3, -0.25) is 0 Å². The molecule has 0 saturated carbocycles. The lowest BCUT2D eigenvalue weighted by atomic mass is 10.2. The smallest absolute Gasteiger partial charge is 0.154 e. The molecule has 0 aliphatic carbocycles. The van der Waals surface area contributed by atoms with Gasteiger partial charge in [-0.05, 0) is 35.7 Å². The maximum atomic E-state index is 5.92. The van der Waals surface area contributed by atoms with Crippen molar-refractivity contribution < 1.29 is 0 Å². The first-order valence-electron chi connectivity index (χ1n) is 5.57. The van der Waals surface area contributed by atoms with E-state index in [-0.39, 0.29) is 0 Å². The van der Waals surface area contributed by atoms with Gasteiger partial charge in [0.15, 0.2) is 5.82 Å². The molecule has 2 heterocycles. The molecule has 4 heteroatoms. The minimum atomic E-state index is 0.520. The predicted octanol–water partition coefficient (Wildman–Crippen LogP) is 3.44. The fourth-order valence-electron chi connectivity index (χ4n) is 1.74. The quantitative estimate of drug-likeness (QED) is 0.761. The zero-order valence-corrected chi connectivity index (χ0v) is 10.4. The van der Waals surface area contributed by atoms with E-state index in [2.05, 4.69) is 9.97 Å². The lowest BCUT2D eigenvalue weighted by Crippen LogP contribution is -1.96. The van der Waals surface area contributed by atoms with Gasteiger partial charge in [-0.15, -0.1) is 11.3 Å². The summed E-state index contributed by atoms with van der Waals surface area (Å²) in [4.78, 5) is 9.92. The highest BCUT2D eigenvalue weighted by molar-refractivity contribution is 7.10. The van der Waals surface area contributed by atoms with Crippen LogP contribution < -0.4 is 5.73 Å². The molecule has 0 aliphatic rings. The van der Waals surface area contributed by atoms with Crippen LogP contribution in [0.5, 0.6) is 0 Å². The Morgan fingerprint density at radius 1 is 1.00 bits per heavy atom. The molecule has 0 amide bonds. The van der Waals surface area contributed by atoms with Gasteiger partial charge >= 0.3 is 0 Å². The predicted molar refractivity (Wildman–Crippen MR) is 77.2 cm³/mol. The van der Waals surface area contributed by atoms with Crippen molar-refractivity contribution in [2.45, 2.75) is 0 Å². The number of thiophene rings is 1. The molecule has 0 unspecified atom stereocenters. The summed E-state index contributed by atoms with van der Waals surface area (Å²) in [6.45, 7) is 0. The molecule has 1 aromatic carbocycles.